The number of hydrogen-bond donors (Lipinski definition) is 1. The molecule has 1 saturated heterocycles. The van der Waals surface area contributed by atoms with Crippen LogP contribution in [0, 0.1) is 0 Å². The maximum absolute atomic E-state index is 12.5. The highest BCUT2D eigenvalue weighted by Gasteiger charge is 2.31. The molecular weight excluding hydrogens is 271 g/mol. The Balaban J connectivity index is 2.17. The number of anilines is 1. The van der Waals surface area contributed by atoms with Crippen LogP contribution in [0.15, 0.2) is 24.3 Å². The van der Waals surface area contributed by atoms with Gasteiger partial charge in [-0.05, 0) is 43.5 Å². The lowest BCUT2D eigenvalue weighted by atomic mass is 9.98. The van der Waals surface area contributed by atoms with Crippen LogP contribution in [-0.2, 0) is 11.0 Å². The van der Waals surface area contributed by atoms with Crippen molar-refractivity contribution in [1.82, 2.24) is 0 Å². The molecule has 1 aliphatic rings. The molecule has 0 amide bonds. The molecule has 6 heteroatoms. The first kappa shape index (κ1) is 14.7. The van der Waals surface area contributed by atoms with Crippen LogP contribution in [0.5, 0.6) is 0 Å². The molecule has 1 atom stereocenters. The second kappa shape index (κ2) is 5.73. The van der Waals surface area contributed by atoms with E-state index in [0.29, 0.717) is 12.2 Å². The van der Waals surface area contributed by atoms with Crippen LogP contribution in [0.3, 0.4) is 0 Å². The molecule has 2 rings (SSSR count). The molecule has 1 unspecified atom stereocenters. The number of carboxylic acids is 1. The van der Waals surface area contributed by atoms with Crippen LogP contribution in [0.25, 0.3) is 0 Å². The van der Waals surface area contributed by atoms with Crippen LogP contribution < -0.4 is 4.90 Å². The van der Waals surface area contributed by atoms with E-state index in [1.807, 2.05) is 4.90 Å². The largest absolute Gasteiger partial charge is 0.481 e. The number of halogens is 3. The van der Waals surface area contributed by atoms with E-state index in [1.165, 1.54) is 12.1 Å². The van der Waals surface area contributed by atoms with Crippen molar-refractivity contribution in [3.8, 4) is 0 Å². The minimum Gasteiger partial charge on any atom is -0.481 e. The van der Waals surface area contributed by atoms with Crippen molar-refractivity contribution in [2.75, 3.05) is 11.4 Å². The van der Waals surface area contributed by atoms with Gasteiger partial charge < -0.3 is 10.0 Å². The van der Waals surface area contributed by atoms with Crippen molar-refractivity contribution >= 4 is 11.7 Å². The lowest BCUT2D eigenvalue weighted by Crippen LogP contribution is -2.40. The number of alkyl halides is 3. The third-order valence-electron chi connectivity index (χ3n) is 3.56. The summed E-state index contributed by atoms with van der Waals surface area (Å²) in [6.07, 6.45) is -1.69. The molecule has 0 aromatic heterocycles. The average Bonchev–Trinajstić information content (AvgIpc) is 2.38. The normalized spacial score (nSPS) is 19.9. The highest BCUT2D eigenvalue weighted by Crippen LogP contribution is 2.32. The quantitative estimate of drug-likeness (QED) is 0.924. The number of carbonyl (C=O) groups is 1. The van der Waals surface area contributed by atoms with E-state index in [9.17, 15) is 18.0 Å². The summed E-state index contributed by atoms with van der Waals surface area (Å²) in [5.74, 6) is -0.881. The van der Waals surface area contributed by atoms with Crippen molar-refractivity contribution < 1.29 is 23.1 Å². The van der Waals surface area contributed by atoms with Gasteiger partial charge >= 0.3 is 12.1 Å². The minimum atomic E-state index is -4.35. The van der Waals surface area contributed by atoms with Gasteiger partial charge in [-0.1, -0.05) is 0 Å². The summed E-state index contributed by atoms with van der Waals surface area (Å²) < 4.78 is 37.6. The first-order valence-electron chi connectivity index (χ1n) is 6.53. The topological polar surface area (TPSA) is 40.5 Å². The second-order valence-electron chi connectivity index (χ2n) is 4.99. The highest BCUT2D eigenvalue weighted by molar-refractivity contribution is 5.68. The van der Waals surface area contributed by atoms with Gasteiger partial charge in [-0.2, -0.15) is 13.2 Å². The molecule has 0 spiro atoms. The summed E-state index contributed by atoms with van der Waals surface area (Å²) in [6.45, 7) is 0.684. The first-order valence-corrected chi connectivity index (χ1v) is 6.53. The van der Waals surface area contributed by atoms with E-state index in [-0.39, 0.29) is 12.5 Å². The number of nitrogens with zero attached hydrogens (tertiary/aromatic N) is 1. The molecule has 3 nitrogen and oxygen atoms in total. The third-order valence-corrected chi connectivity index (χ3v) is 3.56. The third kappa shape index (κ3) is 3.43. The van der Waals surface area contributed by atoms with Crippen molar-refractivity contribution in [2.45, 2.75) is 37.9 Å². The van der Waals surface area contributed by atoms with E-state index in [0.717, 1.165) is 31.4 Å². The minimum absolute atomic E-state index is 0.0149. The molecule has 0 saturated carbocycles. The van der Waals surface area contributed by atoms with Gasteiger partial charge in [0, 0.05) is 18.3 Å². The molecular formula is C14H16F3NO2. The first-order chi connectivity index (χ1) is 9.38. The molecule has 20 heavy (non-hydrogen) atoms. The van der Waals surface area contributed by atoms with Gasteiger partial charge in [0.25, 0.3) is 0 Å². The van der Waals surface area contributed by atoms with Crippen molar-refractivity contribution in [2.24, 2.45) is 0 Å². The summed E-state index contributed by atoms with van der Waals surface area (Å²) >= 11 is 0. The molecule has 0 aliphatic carbocycles. The van der Waals surface area contributed by atoms with Crippen LogP contribution in [0.4, 0.5) is 18.9 Å². The van der Waals surface area contributed by atoms with E-state index in [4.69, 9.17) is 5.11 Å². The predicted octanol–water partition coefficient (Wildman–Crippen LogP) is 3.54. The molecule has 0 bridgehead atoms. The number of aliphatic carboxylic acids is 1. The molecule has 1 aromatic carbocycles. The number of hydrogen-bond acceptors (Lipinski definition) is 2. The van der Waals surface area contributed by atoms with Gasteiger partial charge in [0.15, 0.2) is 0 Å². The fourth-order valence-electron chi connectivity index (χ4n) is 2.60. The van der Waals surface area contributed by atoms with Gasteiger partial charge in [0.1, 0.15) is 0 Å². The lowest BCUT2D eigenvalue weighted by Gasteiger charge is -2.37. The van der Waals surface area contributed by atoms with Gasteiger partial charge in [0.05, 0.1) is 12.0 Å². The zero-order chi connectivity index (χ0) is 14.8. The Morgan fingerprint density at radius 1 is 1.25 bits per heavy atom. The zero-order valence-electron chi connectivity index (χ0n) is 10.9. The fourth-order valence-corrected chi connectivity index (χ4v) is 2.60. The summed E-state index contributed by atoms with van der Waals surface area (Å²) in [7, 11) is 0. The summed E-state index contributed by atoms with van der Waals surface area (Å²) in [6, 6.07) is 4.79. The molecule has 0 radical (unpaired) electrons. The van der Waals surface area contributed by atoms with Crippen molar-refractivity contribution in [1.29, 1.82) is 0 Å². The van der Waals surface area contributed by atoms with Gasteiger partial charge in [0.2, 0.25) is 0 Å². The molecule has 1 aliphatic heterocycles. The molecule has 1 fully saturated rings. The van der Waals surface area contributed by atoms with Gasteiger partial charge in [-0.25, -0.2) is 0 Å². The predicted molar refractivity (Wildman–Crippen MR) is 68.7 cm³/mol. The zero-order valence-corrected chi connectivity index (χ0v) is 10.9. The van der Waals surface area contributed by atoms with Crippen LogP contribution >= 0.6 is 0 Å². The average molecular weight is 287 g/mol. The van der Waals surface area contributed by atoms with Gasteiger partial charge in [-0.3, -0.25) is 4.79 Å². The Kier molecular flexibility index (Phi) is 4.20. The monoisotopic (exact) mass is 287 g/mol. The Morgan fingerprint density at radius 2 is 1.90 bits per heavy atom. The summed E-state index contributed by atoms with van der Waals surface area (Å²) in [4.78, 5) is 12.8. The number of piperidine rings is 1. The number of benzene rings is 1. The van der Waals surface area contributed by atoms with Crippen LogP contribution in [0.1, 0.15) is 31.2 Å². The Bertz CT molecular complexity index is 470. The van der Waals surface area contributed by atoms with Crippen molar-refractivity contribution in [3.05, 3.63) is 29.8 Å². The van der Waals surface area contributed by atoms with Crippen LogP contribution in [-0.4, -0.2) is 23.7 Å². The molecule has 110 valence electrons. The lowest BCUT2D eigenvalue weighted by molar-refractivity contribution is -0.138. The maximum Gasteiger partial charge on any atom is 0.416 e. The van der Waals surface area contributed by atoms with E-state index in [1.54, 1.807) is 0 Å². The van der Waals surface area contributed by atoms with Crippen LogP contribution in [0.2, 0.25) is 0 Å². The Morgan fingerprint density at radius 3 is 2.45 bits per heavy atom. The van der Waals surface area contributed by atoms with E-state index in [2.05, 4.69) is 0 Å². The smallest absolute Gasteiger partial charge is 0.416 e. The molecule has 1 heterocycles. The fraction of sp³-hybridized carbons (Fsp3) is 0.500. The number of carboxylic acid groups (broad SMARTS) is 1. The maximum atomic E-state index is 12.5. The van der Waals surface area contributed by atoms with E-state index >= 15 is 0 Å². The molecule has 1 N–H and O–H groups in total. The van der Waals surface area contributed by atoms with E-state index < -0.39 is 17.7 Å². The molecule has 1 aromatic rings. The number of rotatable bonds is 3. The SMILES string of the molecule is O=C(O)CC1CCCCN1c1ccc(C(F)(F)F)cc1. The Labute approximate surface area is 115 Å². The Hall–Kier alpha value is -1.72. The summed E-state index contributed by atoms with van der Waals surface area (Å²) in [5.41, 5.74) is -0.0306. The highest BCUT2D eigenvalue weighted by atomic mass is 19.4. The standard InChI is InChI=1S/C14H16F3NO2/c15-14(16,17)10-4-6-11(7-5-10)18-8-2-1-3-12(18)9-13(19)20/h4-7,12H,1-3,8-9H2,(H,19,20). The van der Waals surface area contributed by atoms with Crippen molar-refractivity contribution in [3.63, 3.8) is 0 Å². The summed E-state index contributed by atoms with van der Waals surface area (Å²) in [5, 5.41) is 8.91. The second-order valence-corrected chi connectivity index (χ2v) is 4.99. The van der Waals surface area contributed by atoms with Gasteiger partial charge in [-0.15, -0.1) is 0 Å².